The lowest BCUT2D eigenvalue weighted by atomic mass is 10.2. The highest BCUT2D eigenvalue weighted by molar-refractivity contribution is 6.31. The molecule has 0 aliphatic carbocycles. The van der Waals surface area contributed by atoms with Gasteiger partial charge >= 0.3 is 0 Å². The zero-order valence-corrected chi connectivity index (χ0v) is 15.8. The molecule has 7 heteroatoms. The van der Waals surface area contributed by atoms with Gasteiger partial charge in [0.15, 0.2) is 0 Å². The highest BCUT2D eigenvalue weighted by Gasteiger charge is 2.16. The minimum absolute atomic E-state index is 0.108. The van der Waals surface area contributed by atoms with Crippen LogP contribution in [0.2, 0.25) is 5.02 Å². The minimum atomic E-state index is -0.175. The predicted octanol–water partition coefficient (Wildman–Crippen LogP) is 4.81. The van der Waals surface area contributed by atoms with E-state index in [-0.39, 0.29) is 12.5 Å². The molecule has 1 amide bonds. The summed E-state index contributed by atoms with van der Waals surface area (Å²) in [4.78, 5) is 17.0. The molecule has 0 aliphatic rings. The molecule has 0 spiro atoms. The largest absolute Gasteiger partial charge is 0.334 e. The third kappa shape index (κ3) is 3.68. The molecule has 28 heavy (non-hydrogen) atoms. The quantitative estimate of drug-likeness (QED) is 0.529. The first-order valence-electron chi connectivity index (χ1n) is 8.71. The molecular weight excluding hydrogens is 376 g/mol. The van der Waals surface area contributed by atoms with Crippen molar-refractivity contribution in [2.45, 2.75) is 13.5 Å². The maximum Gasteiger partial charge on any atom is 0.274 e. The van der Waals surface area contributed by atoms with E-state index in [4.69, 9.17) is 16.1 Å². The normalized spacial score (nSPS) is 10.8. The Morgan fingerprint density at radius 3 is 2.75 bits per heavy atom. The van der Waals surface area contributed by atoms with Crippen molar-refractivity contribution in [1.29, 1.82) is 0 Å². The first-order valence-corrected chi connectivity index (χ1v) is 9.09. The fourth-order valence-corrected chi connectivity index (χ4v) is 3.04. The van der Waals surface area contributed by atoms with Crippen LogP contribution < -0.4 is 5.32 Å². The van der Waals surface area contributed by atoms with Crippen LogP contribution in [0.1, 0.15) is 5.56 Å². The van der Waals surface area contributed by atoms with Crippen LogP contribution in [0, 0.1) is 6.92 Å². The SMILES string of the molecule is Cc1c(Cl)cccc1NC(=O)Cn1cccc1-c1nc(-c2ccccc2)no1. The van der Waals surface area contributed by atoms with Gasteiger partial charge < -0.3 is 14.4 Å². The average Bonchev–Trinajstić information content (AvgIpc) is 3.35. The molecule has 0 radical (unpaired) electrons. The molecule has 0 fully saturated rings. The average molecular weight is 393 g/mol. The van der Waals surface area contributed by atoms with Crippen molar-refractivity contribution in [2.75, 3.05) is 5.32 Å². The van der Waals surface area contributed by atoms with Crippen LogP contribution in [0.4, 0.5) is 5.69 Å². The number of carbonyl (C=O) groups excluding carboxylic acids is 1. The zero-order chi connectivity index (χ0) is 19.5. The number of hydrogen-bond donors (Lipinski definition) is 1. The Hall–Kier alpha value is -3.38. The first-order chi connectivity index (χ1) is 13.6. The zero-order valence-electron chi connectivity index (χ0n) is 15.1. The molecule has 0 unspecified atom stereocenters. The molecule has 2 heterocycles. The molecular formula is C21H17ClN4O2. The number of anilines is 1. The maximum atomic E-state index is 12.5. The fraction of sp³-hybridized carbons (Fsp3) is 0.0952. The summed E-state index contributed by atoms with van der Waals surface area (Å²) in [5.74, 6) is 0.684. The lowest BCUT2D eigenvalue weighted by Gasteiger charge is -2.11. The summed E-state index contributed by atoms with van der Waals surface area (Å²) in [5.41, 5.74) is 3.06. The van der Waals surface area contributed by atoms with Gasteiger partial charge in [-0.3, -0.25) is 4.79 Å². The Morgan fingerprint density at radius 2 is 1.93 bits per heavy atom. The number of nitrogens with one attached hydrogen (secondary N) is 1. The van der Waals surface area contributed by atoms with Crippen LogP contribution in [0.25, 0.3) is 23.0 Å². The molecule has 140 valence electrons. The molecule has 2 aromatic carbocycles. The molecule has 0 aliphatic heterocycles. The molecule has 0 atom stereocenters. The van der Waals surface area contributed by atoms with Gasteiger partial charge in [-0.25, -0.2) is 0 Å². The molecule has 0 saturated heterocycles. The van der Waals surface area contributed by atoms with E-state index in [0.29, 0.717) is 28.1 Å². The monoisotopic (exact) mass is 392 g/mol. The number of benzene rings is 2. The van der Waals surface area contributed by atoms with Crippen molar-refractivity contribution < 1.29 is 9.32 Å². The molecule has 0 saturated carbocycles. The summed E-state index contributed by atoms with van der Waals surface area (Å²) >= 11 is 6.11. The summed E-state index contributed by atoms with van der Waals surface area (Å²) in [6.07, 6.45) is 1.80. The smallest absolute Gasteiger partial charge is 0.274 e. The van der Waals surface area contributed by atoms with E-state index in [1.165, 1.54) is 0 Å². The van der Waals surface area contributed by atoms with Crippen molar-refractivity contribution in [3.05, 3.63) is 77.4 Å². The van der Waals surface area contributed by atoms with Gasteiger partial charge in [0.2, 0.25) is 11.7 Å². The number of hydrogen-bond acceptors (Lipinski definition) is 4. The standard InChI is InChI=1S/C21H17ClN4O2/c1-14-16(22)9-5-10-17(14)23-19(27)13-26-12-6-11-18(26)21-24-20(25-28-21)15-7-3-2-4-8-15/h2-12H,13H2,1H3,(H,23,27). The molecule has 0 bridgehead atoms. The molecule has 1 N–H and O–H groups in total. The van der Waals surface area contributed by atoms with Crippen LogP contribution in [0.5, 0.6) is 0 Å². The van der Waals surface area contributed by atoms with Crippen LogP contribution in [-0.4, -0.2) is 20.6 Å². The number of rotatable bonds is 5. The van der Waals surface area contributed by atoms with Gasteiger partial charge in [-0.2, -0.15) is 4.98 Å². The lowest BCUT2D eigenvalue weighted by Crippen LogP contribution is -2.19. The minimum Gasteiger partial charge on any atom is -0.334 e. The van der Waals surface area contributed by atoms with Gasteiger partial charge in [-0.15, -0.1) is 0 Å². The van der Waals surface area contributed by atoms with Gasteiger partial charge in [0.25, 0.3) is 5.89 Å². The Labute approximate surface area is 166 Å². The summed E-state index contributed by atoms with van der Waals surface area (Å²) in [7, 11) is 0. The Kier molecular flexibility index (Phi) is 4.95. The third-order valence-electron chi connectivity index (χ3n) is 4.36. The van der Waals surface area contributed by atoms with Crippen LogP contribution >= 0.6 is 11.6 Å². The number of carbonyl (C=O) groups is 1. The van der Waals surface area contributed by atoms with E-state index >= 15 is 0 Å². The molecule has 6 nitrogen and oxygen atoms in total. The van der Waals surface area contributed by atoms with Gasteiger partial charge in [0.05, 0.1) is 0 Å². The Bertz CT molecular complexity index is 1120. The van der Waals surface area contributed by atoms with E-state index < -0.39 is 0 Å². The predicted molar refractivity (Wildman–Crippen MR) is 108 cm³/mol. The number of amides is 1. The van der Waals surface area contributed by atoms with Crippen molar-refractivity contribution in [3.63, 3.8) is 0 Å². The molecule has 2 aromatic heterocycles. The third-order valence-corrected chi connectivity index (χ3v) is 4.77. The van der Waals surface area contributed by atoms with E-state index in [9.17, 15) is 4.79 Å². The van der Waals surface area contributed by atoms with Crippen molar-refractivity contribution in [2.24, 2.45) is 0 Å². The first kappa shape index (κ1) is 18.0. The van der Waals surface area contributed by atoms with Crippen LogP contribution in [0.15, 0.2) is 71.4 Å². The topological polar surface area (TPSA) is 73.0 Å². The Balaban J connectivity index is 1.53. The lowest BCUT2D eigenvalue weighted by molar-refractivity contribution is -0.116. The second kappa shape index (κ2) is 7.70. The second-order valence-corrected chi connectivity index (χ2v) is 6.68. The summed E-state index contributed by atoms with van der Waals surface area (Å²) in [5, 5.41) is 7.54. The van der Waals surface area contributed by atoms with Gasteiger partial charge in [-0.05, 0) is 36.8 Å². The maximum absolute atomic E-state index is 12.5. The van der Waals surface area contributed by atoms with Crippen molar-refractivity contribution >= 4 is 23.2 Å². The van der Waals surface area contributed by atoms with Gasteiger partial charge in [0, 0.05) is 22.5 Å². The van der Waals surface area contributed by atoms with Crippen LogP contribution in [-0.2, 0) is 11.3 Å². The summed E-state index contributed by atoms with van der Waals surface area (Å²) < 4.78 is 7.17. The van der Waals surface area contributed by atoms with E-state index in [0.717, 1.165) is 11.1 Å². The number of nitrogens with zero attached hydrogens (tertiary/aromatic N) is 3. The highest BCUT2D eigenvalue weighted by atomic mass is 35.5. The number of halogens is 1. The van der Waals surface area contributed by atoms with E-state index in [1.807, 2.05) is 55.5 Å². The van der Waals surface area contributed by atoms with Gasteiger partial charge in [0.1, 0.15) is 12.2 Å². The summed E-state index contributed by atoms with van der Waals surface area (Å²) in [6.45, 7) is 1.97. The summed E-state index contributed by atoms with van der Waals surface area (Å²) in [6, 6.07) is 18.6. The van der Waals surface area contributed by atoms with Gasteiger partial charge in [-0.1, -0.05) is 53.2 Å². The highest BCUT2D eigenvalue weighted by Crippen LogP contribution is 2.24. The number of aromatic nitrogens is 3. The molecule has 4 aromatic rings. The van der Waals surface area contributed by atoms with Crippen LogP contribution in [0.3, 0.4) is 0 Å². The van der Waals surface area contributed by atoms with Crippen molar-refractivity contribution in [3.8, 4) is 23.0 Å². The Morgan fingerprint density at radius 1 is 1.11 bits per heavy atom. The van der Waals surface area contributed by atoms with Crippen molar-refractivity contribution in [1.82, 2.24) is 14.7 Å². The molecule has 4 rings (SSSR count). The van der Waals surface area contributed by atoms with E-state index in [2.05, 4.69) is 15.5 Å². The fourth-order valence-electron chi connectivity index (χ4n) is 2.87. The van der Waals surface area contributed by atoms with E-state index in [1.54, 1.807) is 22.9 Å². The second-order valence-electron chi connectivity index (χ2n) is 6.27.